The number of methoxy groups -OCH3 is 2. The van der Waals surface area contributed by atoms with Gasteiger partial charge in [-0.3, -0.25) is 0 Å². The smallest absolute Gasteiger partial charge is 0.250 e. The van der Waals surface area contributed by atoms with Crippen LogP contribution in [0.5, 0.6) is 11.5 Å². The summed E-state index contributed by atoms with van der Waals surface area (Å²) in [6.45, 7) is 18.6. The van der Waals surface area contributed by atoms with Crippen LogP contribution in [0, 0.1) is 16.7 Å². The van der Waals surface area contributed by atoms with Gasteiger partial charge in [0.15, 0.2) is 5.75 Å². The van der Waals surface area contributed by atoms with Crippen molar-refractivity contribution in [2.75, 3.05) is 14.2 Å². The Hall–Kier alpha value is -1.42. The number of rotatable bonds is 5. The van der Waals surface area contributed by atoms with Crippen LogP contribution in [0.2, 0.25) is 18.1 Å². The predicted octanol–water partition coefficient (Wildman–Crippen LogP) is 7.28. The Balaban J connectivity index is 2.08. The average Bonchev–Trinajstić information content (AvgIpc) is 2.95. The van der Waals surface area contributed by atoms with Gasteiger partial charge in [0.1, 0.15) is 11.5 Å². The average molecular weight is 417 g/mol. The first-order valence-electron chi connectivity index (χ1n) is 10.9. The van der Waals surface area contributed by atoms with Crippen LogP contribution in [0.3, 0.4) is 0 Å². The third-order valence-corrected chi connectivity index (χ3v) is 13.0. The van der Waals surface area contributed by atoms with E-state index in [4.69, 9.17) is 13.9 Å². The lowest BCUT2D eigenvalue weighted by atomic mass is 9.68. The van der Waals surface area contributed by atoms with E-state index >= 15 is 0 Å². The minimum atomic E-state index is -1.98. The van der Waals surface area contributed by atoms with Crippen LogP contribution in [0.4, 0.5) is 0 Å². The minimum Gasteiger partial charge on any atom is -0.541 e. The molecule has 2 unspecified atom stereocenters. The minimum absolute atomic E-state index is 0.124. The number of benzene rings is 1. The summed E-state index contributed by atoms with van der Waals surface area (Å²) in [5, 5.41) is 0.124. The van der Waals surface area contributed by atoms with Gasteiger partial charge in [0.25, 0.3) is 8.32 Å². The zero-order valence-electron chi connectivity index (χ0n) is 20.2. The quantitative estimate of drug-likeness (QED) is 0.373. The topological polar surface area (TPSA) is 27.7 Å². The summed E-state index contributed by atoms with van der Waals surface area (Å²) in [6, 6.07) is 6.27. The molecule has 2 fully saturated rings. The molecule has 0 aliphatic heterocycles. The zero-order valence-corrected chi connectivity index (χ0v) is 21.2. The van der Waals surface area contributed by atoms with Crippen LogP contribution in [-0.2, 0) is 4.74 Å². The summed E-state index contributed by atoms with van der Waals surface area (Å²) in [5.74, 6) is 3.40. The van der Waals surface area contributed by atoms with Gasteiger partial charge in [-0.1, -0.05) is 41.5 Å². The number of allylic oxidation sites excluding steroid dienone is 1. The van der Waals surface area contributed by atoms with Gasteiger partial charge in [-0.05, 0) is 77.9 Å². The highest BCUT2D eigenvalue weighted by Gasteiger charge is 2.60. The lowest BCUT2D eigenvalue weighted by molar-refractivity contribution is 0.177. The highest BCUT2D eigenvalue weighted by molar-refractivity contribution is 6.74. The van der Waals surface area contributed by atoms with E-state index in [2.05, 4.69) is 66.8 Å². The van der Waals surface area contributed by atoms with Crippen LogP contribution < -0.4 is 9.16 Å². The van der Waals surface area contributed by atoms with Crippen molar-refractivity contribution in [1.29, 1.82) is 0 Å². The zero-order chi connectivity index (χ0) is 21.8. The molecule has 2 bridgehead atoms. The Morgan fingerprint density at radius 1 is 1.07 bits per heavy atom. The molecule has 0 saturated heterocycles. The van der Waals surface area contributed by atoms with Crippen molar-refractivity contribution in [2.24, 2.45) is 16.7 Å². The first-order chi connectivity index (χ1) is 13.3. The summed E-state index contributed by atoms with van der Waals surface area (Å²) >= 11 is 0. The van der Waals surface area contributed by atoms with Crippen molar-refractivity contribution in [3.05, 3.63) is 29.3 Å². The highest BCUT2D eigenvalue weighted by atomic mass is 28.4. The highest BCUT2D eigenvalue weighted by Crippen LogP contribution is 2.69. The van der Waals surface area contributed by atoms with Crippen LogP contribution in [0.1, 0.15) is 66.4 Å². The molecule has 0 amide bonds. The first-order valence-corrected chi connectivity index (χ1v) is 13.8. The van der Waals surface area contributed by atoms with Gasteiger partial charge >= 0.3 is 0 Å². The standard InChI is InChI=1S/C25H40O3Si/c1-23(2,3)29(9,10)28-21-15-17(11-12-20(21)26-7)22(27-8)19-16-18-13-14-25(19,6)24(18,4)5/h11-12,15,18H,13-14,16H2,1-10H3. The van der Waals surface area contributed by atoms with Gasteiger partial charge in [0, 0.05) is 5.56 Å². The Kier molecular flexibility index (Phi) is 5.43. The molecule has 2 atom stereocenters. The maximum absolute atomic E-state index is 6.65. The molecule has 29 heavy (non-hydrogen) atoms. The molecule has 3 nitrogen and oxygen atoms in total. The van der Waals surface area contributed by atoms with Gasteiger partial charge in [-0.15, -0.1) is 0 Å². The number of hydrogen-bond acceptors (Lipinski definition) is 3. The maximum atomic E-state index is 6.65. The molecule has 0 radical (unpaired) electrons. The van der Waals surface area contributed by atoms with Crippen molar-refractivity contribution >= 4 is 14.1 Å². The molecule has 4 heteroatoms. The molecule has 0 aromatic heterocycles. The SMILES string of the molecule is COC(=C1CC2CCC1(C)C2(C)C)c1ccc(OC)c(O[Si](C)(C)C(C)(C)C)c1. The monoisotopic (exact) mass is 416 g/mol. The molecule has 1 aromatic rings. The van der Waals surface area contributed by atoms with Crippen molar-refractivity contribution in [3.8, 4) is 11.5 Å². The van der Waals surface area contributed by atoms with Crippen LogP contribution in [0.25, 0.3) is 5.76 Å². The van der Waals surface area contributed by atoms with Crippen molar-refractivity contribution < 1.29 is 13.9 Å². The van der Waals surface area contributed by atoms with E-state index in [-0.39, 0.29) is 10.5 Å². The number of hydrogen-bond donors (Lipinski definition) is 0. The lowest BCUT2D eigenvalue weighted by Crippen LogP contribution is -2.43. The summed E-state index contributed by atoms with van der Waals surface area (Å²) < 4.78 is 18.3. The van der Waals surface area contributed by atoms with E-state index in [1.807, 2.05) is 13.2 Å². The van der Waals surface area contributed by atoms with E-state index in [0.29, 0.717) is 5.41 Å². The van der Waals surface area contributed by atoms with Gasteiger partial charge < -0.3 is 13.9 Å². The van der Waals surface area contributed by atoms with E-state index in [1.54, 1.807) is 7.11 Å². The molecular weight excluding hydrogens is 376 g/mol. The third-order valence-electron chi connectivity index (χ3n) is 8.63. The summed E-state index contributed by atoms with van der Waals surface area (Å²) in [5.41, 5.74) is 3.09. The fourth-order valence-electron chi connectivity index (χ4n) is 5.05. The second-order valence-corrected chi connectivity index (χ2v) is 16.0. The summed E-state index contributed by atoms with van der Waals surface area (Å²) in [7, 11) is 1.54. The molecule has 162 valence electrons. The third kappa shape index (κ3) is 3.41. The Labute approximate surface area is 179 Å². The number of ether oxygens (including phenoxy) is 2. The van der Waals surface area contributed by atoms with E-state index in [1.165, 1.54) is 18.4 Å². The Morgan fingerprint density at radius 3 is 2.17 bits per heavy atom. The summed E-state index contributed by atoms with van der Waals surface area (Å²) in [4.78, 5) is 0. The van der Waals surface area contributed by atoms with E-state index in [9.17, 15) is 0 Å². The van der Waals surface area contributed by atoms with Gasteiger partial charge in [0.05, 0.1) is 14.2 Å². The number of fused-ring (bicyclic) bond motifs is 2. The first kappa shape index (κ1) is 22.3. The van der Waals surface area contributed by atoms with Crippen LogP contribution >= 0.6 is 0 Å². The maximum Gasteiger partial charge on any atom is 0.250 e. The molecule has 0 spiro atoms. The van der Waals surface area contributed by atoms with Crippen LogP contribution in [0.15, 0.2) is 23.8 Å². The lowest BCUT2D eigenvalue weighted by Gasteiger charge is -2.37. The Morgan fingerprint density at radius 2 is 1.72 bits per heavy atom. The van der Waals surface area contributed by atoms with Crippen molar-refractivity contribution in [1.82, 2.24) is 0 Å². The Bertz CT molecular complexity index is 816. The molecule has 0 N–H and O–H groups in total. The van der Waals surface area contributed by atoms with Crippen molar-refractivity contribution in [3.63, 3.8) is 0 Å². The van der Waals surface area contributed by atoms with Crippen LogP contribution in [-0.4, -0.2) is 22.5 Å². The van der Waals surface area contributed by atoms with Gasteiger partial charge in [-0.2, -0.15) is 0 Å². The second-order valence-electron chi connectivity index (χ2n) is 11.2. The summed E-state index contributed by atoms with van der Waals surface area (Å²) in [6.07, 6.45) is 3.71. The molecule has 2 saturated carbocycles. The fraction of sp³-hybridized carbons (Fsp3) is 0.680. The second kappa shape index (κ2) is 7.07. The molecule has 2 aliphatic carbocycles. The predicted molar refractivity (Wildman–Crippen MR) is 124 cm³/mol. The largest absolute Gasteiger partial charge is 0.541 e. The molecule has 1 aromatic carbocycles. The molecule has 2 aliphatic rings. The molecular formula is C25H40O3Si. The molecule has 0 heterocycles. The fourth-order valence-corrected chi connectivity index (χ4v) is 6.06. The normalized spacial score (nSPS) is 27.7. The van der Waals surface area contributed by atoms with E-state index in [0.717, 1.165) is 35.2 Å². The van der Waals surface area contributed by atoms with Crippen molar-refractivity contribution in [2.45, 2.75) is 78.9 Å². The van der Waals surface area contributed by atoms with Gasteiger partial charge in [-0.25, -0.2) is 0 Å². The van der Waals surface area contributed by atoms with E-state index < -0.39 is 8.32 Å². The van der Waals surface area contributed by atoms with Gasteiger partial charge in [0.2, 0.25) is 0 Å². The molecule has 3 rings (SSSR count).